The minimum Gasteiger partial charge on any atom is -0.393 e. The number of aliphatic hydroxyl groups excluding tert-OH is 8. The zero-order valence-corrected chi connectivity index (χ0v) is 17.6. The monoisotopic (exact) mass is 428 g/mol. The number of aliphatic hydroxyl groups is 8. The number of hydrogen-bond donors (Lipinski definition) is 8. The fourth-order valence-electron chi connectivity index (χ4n) is 2.72. The summed E-state index contributed by atoms with van der Waals surface area (Å²) in [6, 6.07) is 0. The van der Waals surface area contributed by atoms with Gasteiger partial charge in [0.1, 0.15) is 24.9 Å². The van der Waals surface area contributed by atoms with Crippen LogP contribution in [0.2, 0.25) is 0 Å². The SMILES string of the molecule is C[C@H](O)C[C@@H](O)N(C(=S)N([C@H](O)C[C@@H](C)O)[C@H](O)C[C@@H](C)O)[C@H](O)C[C@@H](C)O. The second-order valence-corrected chi connectivity index (χ2v) is 7.72. The van der Waals surface area contributed by atoms with Gasteiger partial charge in [0.05, 0.1) is 24.4 Å². The molecule has 8 N–H and O–H groups in total. The van der Waals surface area contributed by atoms with Gasteiger partial charge in [0.25, 0.3) is 0 Å². The number of nitrogens with zero attached hydrogens (tertiary/aromatic N) is 2. The summed E-state index contributed by atoms with van der Waals surface area (Å²) < 4.78 is 0. The highest BCUT2D eigenvalue weighted by atomic mass is 32.1. The lowest BCUT2D eigenvalue weighted by molar-refractivity contribution is -0.120. The molecular formula is C17H36N2O8S. The number of rotatable bonds is 12. The van der Waals surface area contributed by atoms with Crippen LogP contribution in [0.15, 0.2) is 0 Å². The average molecular weight is 429 g/mol. The van der Waals surface area contributed by atoms with Crippen molar-refractivity contribution in [2.24, 2.45) is 0 Å². The van der Waals surface area contributed by atoms with E-state index < -0.39 is 49.3 Å². The van der Waals surface area contributed by atoms with E-state index in [-0.39, 0.29) is 30.8 Å². The molecule has 0 radical (unpaired) electrons. The zero-order chi connectivity index (χ0) is 22.2. The molecule has 10 nitrogen and oxygen atoms in total. The van der Waals surface area contributed by atoms with E-state index in [1.54, 1.807) is 0 Å². The first-order valence-electron chi connectivity index (χ1n) is 9.33. The third-order valence-electron chi connectivity index (χ3n) is 3.93. The van der Waals surface area contributed by atoms with Crippen LogP contribution in [0.25, 0.3) is 0 Å². The molecule has 0 spiro atoms. The van der Waals surface area contributed by atoms with Crippen molar-refractivity contribution in [3.05, 3.63) is 0 Å². The molecule has 0 aromatic carbocycles. The molecular weight excluding hydrogens is 392 g/mol. The van der Waals surface area contributed by atoms with Gasteiger partial charge >= 0.3 is 0 Å². The van der Waals surface area contributed by atoms with Crippen LogP contribution < -0.4 is 0 Å². The summed E-state index contributed by atoms with van der Waals surface area (Å²) >= 11 is 5.30. The van der Waals surface area contributed by atoms with Gasteiger partial charge in [-0.2, -0.15) is 0 Å². The molecule has 0 aromatic heterocycles. The zero-order valence-electron chi connectivity index (χ0n) is 16.8. The van der Waals surface area contributed by atoms with E-state index in [9.17, 15) is 40.9 Å². The predicted molar refractivity (Wildman–Crippen MR) is 105 cm³/mol. The Balaban J connectivity index is 5.86. The molecule has 168 valence electrons. The van der Waals surface area contributed by atoms with Crippen LogP contribution >= 0.6 is 12.2 Å². The predicted octanol–water partition coefficient (Wildman–Crippen LogP) is -1.77. The van der Waals surface area contributed by atoms with Crippen molar-refractivity contribution in [2.75, 3.05) is 0 Å². The van der Waals surface area contributed by atoms with Crippen LogP contribution in [-0.4, -0.2) is 105 Å². The lowest BCUT2D eigenvalue weighted by Gasteiger charge is -2.43. The fourth-order valence-corrected chi connectivity index (χ4v) is 3.20. The fraction of sp³-hybridized carbons (Fsp3) is 0.941. The van der Waals surface area contributed by atoms with Crippen molar-refractivity contribution in [3.8, 4) is 0 Å². The first kappa shape index (κ1) is 27.4. The normalized spacial score (nSPS) is 20.4. The Morgan fingerprint density at radius 3 is 0.857 bits per heavy atom. The molecule has 28 heavy (non-hydrogen) atoms. The first-order chi connectivity index (χ1) is 12.8. The smallest absolute Gasteiger partial charge is 0.179 e. The van der Waals surface area contributed by atoms with Gasteiger partial charge in [-0.3, -0.25) is 9.80 Å². The molecule has 8 atom stereocenters. The maximum atomic E-state index is 10.5. The lowest BCUT2D eigenvalue weighted by atomic mass is 10.1. The minimum atomic E-state index is -1.48. The third-order valence-corrected chi connectivity index (χ3v) is 4.36. The van der Waals surface area contributed by atoms with Crippen molar-refractivity contribution in [1.29, 1.82) is 0 Å². The highest BCUT2D eigenvalue weighted by Gasteiger charge is 2.36. The Labute approximate surface area is 171 Å². The van der Waals surface area contributed by atoms with Gasteiger partial charge in [-0.15, -0.1) is 0 Å². The van der Waals surface area contributed by atoms with Crippen molar-refractivity contribution in [3.63, 3.8) is 0 Å². The van der Waals surface area contributed by atoms with Gasteiger partial charge in [-0.1, -0.05) is 0 Å². The second kappa shape index (κ2) is 12.8. The van der Waals surface area contributed by atoms with Crippen LogP contribution in [0.5, 0.6) is 0 Å². The summed E-state index contributed by atoms with van der Waals surface area (Å²) in [5.74, 6) is 0. The van der Waals surface area contributed by atoms with Crippen molar-refractivity contribution in [1.82, 2.24) is 9.80 Å². The summed E-state index contributed by atoms with van der Waals surface area (Å²) in [5, 5.41) is 79.8. The molecule has 0 fully saturated rings. The molecule has 11 heteroatoms. The van der Waals surface area contributed by atoms with Gasteiger partial charge in [0.2, 0.25) is 0 Å². The van der Waals surface area contributed by atoms with Crippen LogP contribution in [0, 0.1) is 0 Å². The van der Waals surface area contributed by atoms with Gasteiger partial charge < -0.3 is 40.9 Å². The van der Waals surface area contributed by atoms with Crippen LogP contribution in [-0.2, 0) is 0 Å². The van der Waals surface area contributed by atoms with E-state index in [1.165, 1.54) is 27.7 Å². The Bertz CT molecular complexity index is 383. The Hall–Kier alpha value is -0.630. The number of thiocarbonyl (C=S) groups is 1. The maximum Gasteiger partial charge on any atom is 0.179 e. The topological polar surface area (TPSA) is 168 Å². The van der Waals surface area contributed by atoms with E-state index in [0.717, 1.165) is 9.80 Å². The molecule has 0 aliphatic heterocycles. The first-order valence-corrected chi connectivity index (χ1v) is 9.73. The minimum absolute atomic E-state index is 0.205. The standard InChI is InChI=1S/C17H36N2O8S/c1-9(20)5-13(24)18(14(25)6-10(2)21)17(28)19(15(26)7-11(3)22)16(27)8-12(4)23/h9-16,20-27H,5-8H2,1-4H3/t9-,10-,11-,12+,13-,14-,15-,16-/m1/s1. The van der Waals surface area contributed by atoms with Gasteiger partial charge in [0.15, 0.2) is 5.11 Å². The second-order valence-electron chi connectivity index (χ2n) is 7.36. The lowest BCUT2D eigenvalue weighted by Crippen LogP contribution is -2.59. The summed E-state index contributed by atoms with van der Waals surface area (Å²) in [5.41, 5.74) is 0. The Kier molecular flexibility index (Phi) is 12.5. The molecule has 0 saturated heterocycles. The quantitative estimate of drug-likeness (QED) is 0.131. The molecule has 0 unspecified atom stereocenters. The van der Waals surface area contributed by atoms with Crippen molar-refractivity contribution >= 4 is 17.3 Å². The van der Waals surface area contributed by atoms with Gasteiger partial charge in [-0.05, 0) is 39.9 Å². The molecule has 0 amide bonds. The van der Waals surface area contributed by atoms with Gasteiger partial charge in [0, 0.05) is 25.7 Å². The van der Waals surface area contributed by atoms with Gasteiger partial charge in [-0.25, -0.2) is 0 Å². The number of hydrogen-bond acceptors (Lipinski definition) is 9. The highest BCUT2D eigenvalue weighted by molar-refractivity contribution is 7.80. The Morgan fingerprint density at radius 1 is 0.536 bits per heavy atom. The molecule has 0 aliphatic rings. The van der Waals surface area contributed by atoms with E-state index >= 15 is 0 Å². The summed E-state index contributed by atoms with van der Waals surface area (Å²) in [6.45, 7) is 5.70. The highest BCUT2D eigenvalue weighted by Crippen LogP contribution is 2.21. The molecule has 0 heterocycles. The summed E-state index contributed by atoms with van der Waals surface area (Å²) in [6.07, 6.45) is -10.5. The molecule has 0 aliphatic carbocycles. The van der Waals surface area contributed by atoms with Crippen LogP contribution in [0.3, 0.4) is 0 Å². The van der Waals surface area contributed by atoms with E-state index in [1.807, 2.05) is 0 Å². The third kappa shape index (κ3) is 9.72. The van der Waals surface area contributed by atoms with Crippen LogP contribution in [0.4, 0.5) is 0 Å². The molecule has 0 aromatic rings. The largest absolute Gasteiger partial charge is 0.393 e. The van der Waals surface area contributed by atoms with E-state index in [0.29, 0.717) is 0 Å². The average Bonchev–Trinajstić information content (AvgIpc) is 2.43. The van der Waals surface area contributed by atoms with Crippen molar-refractivity contribution in [2.45, 2.75) is 103 Å². The summed E-state index contributed by atoms with van der Waals surface area (Å²) in [4.78, 5) is 1.79. The molecule has 0 bridgehead atoms. The van der Waals surface area contributed by atoms with Crippen molar-refractivity contribution < 1.29 is 40.9 Å². The summed E-state index contributed by atoms with van der Waals surface area (Å²) in [7, 11) is 0. The molecule has 0 saturated carbocycles. The van der Waals surface area contributed by atoms with E-state index in [2.05, 4.69) is 0 Å². The Morgan fingerprint density at radius 2 is 0.714 bits per heavy atom. The molecule has 0 rings (SSSR count). The van der Waals surface area contributed by atoms with Crippen LogP contribution in [0.1, 0.15) is 53.4 Å². The maximum absolute atomic E-state index is 10.5. The van der Waals surface area contributed by atoms with E-state index in [4.69, 9.17) is 12.2 Å².